The molecule has 11 aromatic carbocycles. The average molecular weight is 789 g/mol. The summed E-state index contributed by atoms with van der Waals surface area (Å²) in [5.74, 6) is 0.815. The molecule has 1 aliphatic rings. The minimum atomic E-state index is -0.122. The van der Waals surface area contributed by atoms with Crippen molar-refractivity contribution >= 4 is 98.3 Å². The van der Waals surface area contributed by atoms with E-state index in [9.17, 15) is 0 Å². The molecule has 0 radical (unpaired) electrons. The first kappa shape index (κ1) is 33.6. The topological polar surface area (TPSA) is 34.2 Å². The molecule has 0 fully saturated rings. The van der Waals surface area contributed by atoms with E-state index >= 15 is 0 Å². The van der Waals surface area contributed by atoms with E-state index in [1.54, 1.807) is 0 Å². The van der Waals surface area contributed by atoms with E-state index < -0.39 is 0 Å². The highest BCUT2D eigenvalue weighted by molar-refractivity contribution is 6.39. The second kappa shape index (κ2) is 12.7. The van der Waals surface area contributed by atoms with Gasteiger partial charge in [0.05, 0.1) is 33.8 Å². The summed E-state index contributed by atoms with van der Waals surface area (Å²) in [7, 11) is 0. The summed E-state index contributed by atoms with van der Waals surface area (Å²) in [5, 5.41) is 19.0. The monoisotopic (exact) mass is 788 g/mol. The van der Waals surface area contributed by atoms with Crippen molar-refractivity contribution in [2.45, 2.75) is 6.04 Å². The lowest BCUT2D eigenvalue weighted by Gasteiger charge is -2.28. The molecule has 288 valence electrons. The third kappa shape index (κ3) is 4.63. The number of fused-ring (bicyclic) bond motifs is 7. The number of para-hydroxylation sites is 1. The Morgan fingerprint density at radius 2 is 0.935 bits per heavy atom. The Balaban J connectivity index is 1.07. The molecule has 4 heteroatoms. The number of rotatable bonds is 3. The van der Waals surface area contributed by atoms with Crippen molar-refractivity contribution in [1.29, 1.82) is 0 Å². The molecular weight excluding hydrogens is 753 g/mol. The summed E-state index contributed by atoms with van der Waals surface area (Å²) in [6.07, 6.45) is 0. The molecule has 0 saturated carbocycles. The van der Waals surface area contributed by atoms with Gasteiger partial charge in [-0.15, -0.1) is 0 Å². The SMILES string of the molecule is c1ccc(-c2cccc(-n3c4cccc5c6ccccc6c6cccc7c6c6c(c54)c3ccc6n7C3=Nc4ccccc4C(c4ccc5ccc6ccccc6c5c4)N3)c2)cc1. The third-order valence-electron chi connectivity index (χ3n) is 13.5. The van der Waals surface area contributed by atoms with Gasteiger partial charge in [-0.25, -0.2) is 4.99 Å². The lowest BCUT2D eigenvalue weighted by molar-refractivity contribution is 0.732. The van der Waals surface area contributed by atoms with Crippen LogP contribution in [0, 0.1) is 0 Å². The normalized spacial score (nSPS) is 14.2. The molecule has 0 saturated heterocycles. The van der Waals surface area contributed by atoms with E-state index in [1.165, 1.54) is 92.4 Å². The number of aliphatic imine (C=N–C) groups is 1. The quantitative estimate of drug-likeness (QED) is 0.178. The summed E-state index contributed by atoms with van der Waals surface area (Å²) in [5.41, 5.74) is 11.5. The molecule has 1 unspecified atom stereocenters. The molecule has 0 bridgehead atoms. The highest BCUT2D eigenvalue weighted by Crippen LogP contribution is 2.48. The van der Waals surface area contributed by atoms with E-state index in [0.717, 1.165) is 33.9 Å². The van der Waals surface area contributed by atoms with E-state index in [2.05, 4.69) is 221 Å². The summed E-state index contributed by atoms with van der Waals surface area (Å²) >= 11 is 0. The summed E-state index contributed by atoms with van der Waals surface area (Å²) in [4.78, 5) is 5.49. The van der Waals surface area contributed by atoms with Crippen LogP contribution < -0.4 is 5.32 Å². The molecule has 2 aromatic heterocycles. The van der Waals surface area contributed by atoms with Gasteiger partial charge in [0.2, 0.25) is 5.96 Å². The molecule has 0 spiro atoms. The number of nitrogens with one attached hydrogen (secondary N) is 1. The van der Waals surface area contributed by atoms with Crippen LogP contribution in [0.15, 0.2) is 211 Å². The third-order valence-corrected chi connectivity index (χ3v) is 13.5. The second-order valence-corrected chi connectivity index (χ2v) is 16.7. The molecule has 3 heterocycles. The zero-order valence-corrected chi connectivity index (χ0v) is 33.5. The Morgan fingerprint density at radius 3 is 1.71 bits per heavy atom. The fourth-order valence-electron chi connectivity index (χ4n) is 10.8. The van der Waals surface area contributed by atoms with Crippen LogP contribution in [0.3, 0.4) is 0 Å². The van der Waals surface area contributed by atoms with Crippen LogP contribution in [-0.2, 0) is 0 Å². The fraction of sp³-hybridized carbons (Fsp3) is 0.0172. The molecule has 0 aliphatic carbocycles. The second-order valence-electron chi connectivity index (χ2n) is 16.7. The molecule has 0 amide bonds. The molecule has 14 rings (SSSR count). The Hall–Kier alpha value is -8.21. The van der Waals surface area contributed by atoms with Crippen molar-refractivity contribution in [2.75, 3.05) is 0 Å². The van der Waals surface area contributed by atoms with Crippen molar-refractivity contribution in [2.24, 2.45) is 4.99 Å². The first-order chi connectivity index (χ1) is 30.8. The molecule has 1 atom stereocenters. The Labute approximate surface area is 356 Å². The van der Waals surface area contributed by atoms with E-state index in [0.29, 0.717) is 0 Å². The van der Waals surface area contributed by atoms with Crippen molar-refractivity contribution in [3.63, 3.8) is 0 Å². The lowest BCUT2D eigenvalue weighted by atomic mass is 9.92. The minimum absolute atomic E-state index is 0.122. The Bertz CT molecular complexity index is 4020. The summed E-state index contributed by atoms with van der Waals surface area (Å²) in [6, 6.07) is 75.5. The van der Waals surface area contributed by atoms with E-state index in [-0.39, 0.29) is 6.04 Å². The predicted molar refractivity (Wildman–Crippen MR) is 261 cm³/mol. The molecule has 13 aromatic rings. The fourth-order valence-corrected chi connectivity index (χ4v) is 10.8. The first-order valence-corrected chi connectivity index (χ1v) is 21.4. The van der Waals surface area contributed by atoms with Crippen LogP contribution in [0.5, 0.6) is 0 Å². The standard InChI is InChI=1S/C58H36N4/c1-2-13-35(14-3-1)38-16-10-17-40(33-38)61-49-25-11-22-44-42-19-6-7-20-43(42)45-23-12-26-50-54(45)56-52(32-31-51(61)55(56)53(44)49)62(50)58-59-48-24-9-8-21-46(48)57(60-58)39-30-29-37-28-27-36-15-4-5-18-41(36)47(37)34-39/h1-34,57H,(H,59,60). The Morgan fingerprint density at radius 1 is 0.371 bits per heavy atom. The van der Waals surface area contributed by atoms with Gasteiger partial charge in [-0.3, -0.25) is 4.57 Å². The highest BCUT2D eigenvalue weighted by atomic mass is 15.2. The van der Waals surface area contributed by atoms with Crippen LogP contribution in [0.4, 0.5) is 5.69 Å². The van der Waals surface area contributed by atoms with Crippen molar-refractivity contribution in [1.82, 2.24) is 14.5 Å². The lowest BCUT2D eigenvalue weighted by Crippen LogP contribution is -2.36. The summed E-state index contributed by atoms with van der Waals surface area (Å²) in [6.45, 7) is 0. The minimum Gasteiger partial charge on any atom is -0.344 e. The van der Waals surface area contributed by atoms with Crippen LogP contribution >= 0.6 is 0 Å². The van der Waals surface area contributed by atoms with Gasteiger partial charge < -0.3 is 9.88 Å². The van der Waals surface area contributed by atoms with Gasteiger partial charge in [-0.05, 0) is 108 Å². The number of benzene rings is 10. The van der Waals surface area contributed by atoms with Crippen LogP contribution in [0.1, 0.15) is 17.2 Å². The van der Waals surface area contributed by atoms with E-state index in [4.69, 9.17) is 4.99 Å². The molecular formula is C58H36N4. The van der Waals surface area contributed by atoms with Crippen molar-refractivity contribution in [3.05, 3.63) is 217 Å². The van der Waals surface area contributed by atoms with Crippen LogP contribution in [0.2, 0.25) is 0 Å². The number of hydrogen-bond donors (Lipinski definition) is 1. The Kier molecular flexibility index (Phi) is 6.86. The highest BCUT2D eigenvalue weighted by Gasteiger charge is 2.29. The predicted octanol–water partition coefficient (Wildman–Crippen LogP) is 14.8. The molecule has 1 aliphatic heterocycles. The molecule has 4 nitrogen and oxygen atoms in total. The maximum absolute atomic E-state index is 5.49. The number of aromatic nitrogens is 2. The summed E-state index contributed by atoms with van der Waals surface area (Å²) < 4.78 is 4.87. The van der Waals surface area contributed by atoms with Gasteiger partial charge in [-0.1, -0.05) is 158 Å². The zero-order chi connectivity index (χ0) is 40.5. The van der Waals surface area contributed by atoms with Gasteiger partial charge in [0.1, 0.15) is 0 Å². The van der Waals surface area contributed by atoms with Gasteiger partial charge in [-0.2, -0.15) is 0 Å². The maximum Gasteiger partial charge on any atom is 0.209 e. The maximum atomic E-state index is 5.49. The zero-order valence-electron chi connectivity index (χ0n) is 33.5. The average Bonchev–Trinajstić information content (AvgIpc) is 3.86. The van der Waals surface area contributed by atoms with Crippen molar-refractivity contribution in [3.8, 4) is 16.8 Å². The van der Waals surface area contributed by atoms with Gasteiger partial charge >= 0.3 is 0 Å². The van der Waals surface area contributed by atoms with Gasteiger partial charge in [0.15, 0.2) is 0 Å². The molecule has 62 heavy (non-hydrogen) atoms. The first-order valence-electron chi connectivity index (χ1n) is 21.4. The van der Waals surface area contributed by atoms with Crippen molar-refractivity contribution < 1.29 is 0 Å². The van der Waals surface area contributed by atoms with Gasteiger partial charge in [0.25, 0.3) is 0 Å². The largest absolute Gasteiger partial charge is 0.344 e. The van der Waals surface area contributed by atoms with Crippen LogP contribution in [0.25, 0.3) is 104 Å². The van der Waals surface area contributed by atoms with Crippen LogP contribution in [-0.4, -0.2) is 15.1 Å². The number of nitrogens with zero attached hydrogens (tertiary/aromatic N) is 3. The smallest absolute Gasteiger partial charge is 0.209 e. The molecule has 1 N–H and O–H groups in total. The number of hydrogen-bond acceptors (Lipinski definition) is 2. The van der Waals surface area contributed by atoms with E-state index in [1.807, 2.05) is 0 Å². The van der Waals surface area contributed by atoms with Gasteiger partial charge in [0, 0.05) is 32.8 Å².